The second-order valence-corrected chi connectivity index (χ2v) is 7.62. The highest BCUT2D eigenvalue weighted by molar-refractivity contribution is 7.18. The Balaban J connectivity index is 1.45. The molecule has 1 N–H and O–H groups in total. The standard InChI is InChI=1S/C21H22N2O4S/c1-13-8-9-14(2)17(10-13)23-21(25)15(3)27-20(24)12-26-11-19-22-16-6-4-5-7-18(16)28-19/h4-10,15H,11-12H2,1-3H3,(H,23,25)/t15-/m0/s1. The number of carbonyl (C=O) groups is 2. The summed E-state index contributed by atoms with van der Waals surface area (Å²) in [5.74, 6) is -0.974. The molecule has 0 fully saturated rings. The van der Waals surface area contributed by atoms with Gasteiger partial charge in [-0.05, 0) is 50.1 Å². The van der Waals surface area contributed by atoms with Crippen molar-refractivity contribution in [1.82, 2.24) is 4.98 Å². The Kier molecular flexibility index (Phi) is 6.38. The fourth-order valence-corrected chi connectivity index (χ4v) is 3.50. The number of carbonyl (C=O) groups excluding carboxylic acids is 2. The minimum Gasteiger partial charge on any atom is -0.451 e. The summed E-state index contributed by atoms with van der Waals surface area (Å²) in [7, 11) is 0. The Morgan fingerprint density at radius 2 is 1.96 bits per heavy atom. The Bertz CT molecular complexity index is 966. The molecular weight excluding hydrogens is 376 g/mol. The Morgan fingerprint density at radius 3 is 2.75 bits per heavy atom. The Morgan fingerprint density at radius 1 is 1.18 bits per heavy atom. The van der Waals surface area contributed by atoms with E-state index in [1.165, 1.54) is 18.3 Å². The predicted molar refractivity (Wildman–Crippen MR) is 109 cm³/mol. The summed E-state index contributed by atoms with van der Waals surface area (Å²) in [4.78, 5) is 28.7. The fourth-order valence-electron chi connectivity index (χ4n) is 2.59. The highest BCUT2D eigenvalue weighted by Crippen LogP contribution is 2.22. The molecule has 0 saturated heterocycles. The van der Waals surface area contributed by atoms with E-state index in [0.717, 1.165) is 26.4 Å². The molecule has 7 heteroatoms. The van der Waals surface area contributed by atoms with Gasteiger partial charge in [-0.3, -0.25) is 4.79 Å². The molecule has 0 spiro atoms. The van der Waals surface area contributed by atoms with Crippen LogP contribution >= 0.6 is 11.3 Å². The number of benzene rings is 2. The van der Waals surface area contributed by atoms with Crippen LogP contribution in [0.25, 0.3) is 10.2 Å². The molecule has 0 aliphatic heterocycles. The van der Waals surface area contributed by atoms with Crippen LogP contribution in [0.15, 0.2) is 42.5 Å². The van der Waals surface area contributed by atoms with E-state index in [1.807, 2.05) is 56.3 Å². The van der Waals surface area contributed by atoms with Crippen LogP contribution in [-0.4, -0.2) is 29.6 Å². The molecule has 6 nitrogen and oxygen atoms in total. The smallest absolute Gasteiger partial charge is 0.332 e. The lowest BCUT2D eigenvalue weighted by Crippen LogP contribution is -2.31. The molecular formula is C21H22N2O4S. The molecule has 0 saturated carbocycles. The van der Waals surface area contributed by atoms with Crippen LogP contribution in [-0.2, 0) is 25.7 Å². The van der Waals surface area contributed by atoms with Gasteiger partial charge in [-0.2, -0.15) is 0 Å². The van der Waals surface area contributed by atoms with Gasteiger partial charge in [0.1, 0.15) is 11.6 Å². The van der Waals surface area contributed by atoms with Crippen LogP contribution in [0.3, 0.4) is 0 Å². The monoisotopic (exact) mass is 398 g/mol. The van der Waals surface area contributed by atoms with Crippen LogP contribution in [0.5, 0.6) is 0 Å². The molecule has 2 aromatic carbocycles. The molecule has 3 aromatic rings. The lowest BCUT2D eigenvalue weighted by molar-refractivity contribution is -0.157. The summed E-state index contributed by atoms with van der Waals surface area (Å²) in [6, 6.07) is 13.6. The van der Waals surface area contributed by atoms with Crippen molar-refractivity contribution >= 4 is 39.1 Å². The second kappa shape index (κ2) is 8.95. The van der Waals surface area contributed by atoms with E-state index in [0.29, 0.717) is 5.69 Å². The van der Waals surface area contributed by atoms with Crippen molar-refractivity contribution in [2.24, 2.45) is 0 Å². The van der Waals surface area contributed by atoms with Crippen molar-refractivity contribution in [3.63, 3.8) is 0 Å². The third-order valence-corrected chi connectivity index (χ3v) is 5.12. The maximum atomic E-state index is 12.3. The zero-order chi connectivity index (χ0) is 20.1. The SMILES string of the molecule is Cc1ccc(C)c(NC(=O)[C@H](C)OC(=O)COCc2nc3ccccc3s2)c1. The Labute approximate surface area is 167 Å². The number of nitrogens with one attached hydrogen (secondary N) is 1. The number of para-hydroxylation sites is 1. The number of esters is 1. The summed E-state index contributed by atoms with van der Waals surface area (Å²) >= 11 is 1.52. The number of aromatic nitrogens is 1. The quantitative estimate of drug-likeness (QED) is 0.609. The number of rotatable bonds is 7. The third kappa shape index (κ3) is 5.15. The topological polar surface area (TPSA) is 77.5 Å². The minimum absolute atomic E-state index is 0.220. The first-order chi connectivity index (χ1) is 13.4. The third-order valence-electron chi connectivity index (χ3n) is 4.11. The van der Waals surface area contributed by atoms with Gasteiger partial charge in [0.15, 0.2) is 6.10 Å². The van der Waals surface area contributed by atoms with Gasteiger partial charge >= 0.3 is 5.97 Å². The molecule has 0 aliphatic rings. The van der Waals surface area contributed by atoms with Crippen molar-refractivity contribution in [1.29, 1.82) is 0 Å². The van der Waals surface area contributed by atoms with Crippen LogP contribution in [0.1, 0.15) is 23.1 Å². The maximum absolute atomic E-state index is 12.3. The van der Waals surface area contributed by atoms with Crippen LogP contribution in [0.2, 0.25) is 0 Å². The van der Waals surface area contributed by atoms with Gasteiger partial charge in [-0.1, -0.05) is 24.3 Å². The highest BCUT2D eigenvalue weighted by atomic mass is 32.1. The summed E-state index contributed by atoms with van der Waals surface area (Å²) in [6.45, 7) is 5.36. The molecule has 1 heterocycles. The average Bonchev–Trinajstić information content (AvgIpc) is 3.07. The van der Waals surface area contributed by atoms with E-state index < -0.39 is 12.1 Å². The van der Waals surface area contributed by atoms with Crippen LogP contribution in [0, 0.1) is 13.8 Å². The number of thiazole rings is 1. The first-order valence-corrected chi connectivity index (χ1v) is 9.74. The van der Waals surface area contributed by atoms with E-state index in [1.54, 1.807) is 0 Å². The van der Waals surface area contributed by atoms with Crippen molar-refractivity contribution in [3.05, 3.63) is 58.6 Å². The van der Waals surface area contributed by atoms with Gasteiger partial charge in [0.05, 0.1) is 16.8 Å². The second-order valence-electron chi connectivity index (χ2n) is 6.51. The fraction of sp³-hybridized carbons (Fsp3) is 0.286. The molecule has 0 aliphatic carbocycles. The maximum Gasteiger partial charge on any atom is 0.332 e. The van der Waals surface area contributed by atoms with Crippen molar-refractivity contribution < 1.29 is 19.1 Å². The van der Waals surface area contributed by atoms with E-state index >= 15 is 0 Å². The average molecular weight is 398 g/mol. The van der Waals surface area contributed by atoms with Gasteiger partial charge in [-0.25, -0.2) is 9.78 Å². The number of amides is 1. The molecule has 0 unspecified atom stereocenters. The van der Waals surface area contributed by atoms with Crippen molar-refractivity contribution in [2.75, 3.05) is 11.9 Å². The largest absolute Gasteiger partial charge is 0.451 e. The summed E-state index contributed by atoms with van der Waals surface area (Å²) in [6.07, 6.45) is -0.918. The molecule has 0 radical (unpaired) electrons. The molecule has 1 aromatic heterocycles. The van der Waals surface area contributed by atoms with E-state index in [9.17, 15) is 9.59 Å². The zero-order valence-corrected chi connectivity index (χ0v) is 16.8. The molecule has 0 bridgehead atoms. The summed E-state index contributed by atoms with van der Waals surface area (Å²) < 4.78 is 11.6. The van der Waals surface area contributed by atoms with E-state index in [-0.39, 0.29) is 19.1 Å². The number of aryl methyl sites for hydroxylation is 2. The number of anilines is 1. The molecule has 28 heavy (non-hydrogen) atoms. The van der Waals surface area contributed by atoms with Gasteiger partial charge < -0.3 is 14.8 Å². The first kappa shape index (κ1) is 20.0. The van der Waals surface area contributed by atoms with E-state index in [4.69, 9.17) is 9.47 Å². The summed E-state index contributed by atoms with van der Waals surface area (Å²) in [5, 5.41) is 3.57. The van der Waals surface area contributed by atoms with Gasteiger partial charge in [-0.15, -0.1) is 11.3 Å². The molecule has 1 amide bonds. The lowest BCUT2D eigenvalue weighted by Gasteiger charge is -2.15. The van der Waals surface area contributed by atoms with E-state index in [2.05, 4.69) is 10.3 Å². The molecule has 146 valence electrons. The van der Waals surface area contributed by atoms with Gasteiger partial charge in [0, 0.05) is 5.69 Å². The first-order valence-electron chi connectivity index (χ1n) is 8.92. The number of fused-ring (bicyclic) bond motifs is 1. The minimum atomic E-state index is -0.918. The predicted octanol–water partition coefficient (Wildman–Crippen LogP) is 4.00. The van der Waals surface area contributed by atoms with Crippen molar-refractivity contribution in [3.8, 4) is 0 Å². The number of nitrogens with zero attached hydrogens (tertiary/aromatic N) is 1. The number of hydrogen-bond donors (Lipinski definition) is 1. The van der Waals surface area contributed by atoms with Crippen molar-refractivity contribution in [2.45, 2.75) is 33.5 Å². The normalized spacial score (nSPS) is 12.0. The number of ether oxygens (including phenoxy) is 2. The number of hydrogen-bond acceptors (Lipinski definition) is 6. The highest BCUT2D eigenvalue weighted by Gasteiger charge is 2.19. The Hall–Kier alpha value is -2.77. The molecule has 1 atom stereocenters. The lowest BCUT2D eigenvalue weighted by atomic mass is 10.1. The zero-order valence-electron chi connectivity index (χ0n) is 16.0. The molecule has 3 rings (SSSR count). The van der Waals surface area contributed by atoms with Gasteiger partial charge in [0.25, 0.3) is 5.91 Å². The van der Waals surface area contributed by atoms with Gasteiger partial charge in [0.2, 0.25) is 0 Å². The van der Waals surface area contributed by atoms with Crippen LogP contribution < -0.4 is 5.32 Å². The van der Waals surface area contributed by atoms with Crippen LogP contribution in [0.4, 0.5) is 5.69 Å². The summed E-state index contributed by atoms with van der Waals surface area (Å²) in [5.41, 5.74) is 3.59.